The summed E-state index contributed by atoms with van der Waals surface area (Å²) in [6.45, 7) is 1.79. The van der Waals surface area contributed by atoms with Crippen LogP contribution in [0.15, 0.2) is 84.1 Å². The van der Waals surface area contributed by atoms with Gasteiger partial charge in [-0.3, -0.25) is 0 Å². The number of nitrogens with one attached hydrogen (secondary N) is 3. The number of benzene rings is 3. The molecule has 2 amide bonds. The minimum absolute atomic E-state index is 0.137. The van der Waals surface area contributed by atoms with Crippen LogP contribution in [0.25, 0.3) is 11.3 Å². The number of nitrogens with zero attached hydrogens (tertiary/aromatic N) is 1. The van der Waals surface area contributed by atoms with E-state index in [1.807, 2.05) is 12.1 Å². The summed E-state index contributed by atoms with van der Waals surface area (Å²) in [4.78, 5) is 19.6. The number of aromatic nitrogens is 2. The molecule has 0 saturated carbocycles. The minimum Gasteiger partial charge on any atom is -0.345 e. The van der Waals surface area contributed by atoms with Crippen molar-refractivity contribution in [2.45, 2.75) is 23.6 Å². The number of hydrogen-bond acceptors (Lipinski definition) is 4. The summed E-state index contributed by atoms with van der Waals surface area (Å²) in [6.07, 6.45) is 3.29. The smallest absolute Gasteiger partial charge is 0.319 e. The molecule has 4 rings (SSSR count). The van der Waals surface area contributed by atoms with Gasteiger partial charge in [-0.2, -0.15) is 0 Å². The van der Waals surface area contributed by atoms with Crippen LogP contribution in [-0.2, 0) is 15.6 Å². The van der Waals surface area contributed by atoms with Crippen LogP contribution < -0.4 is 10.6 Å². The second kappa shape index (κ2) is 10.5. The predicted molar refractivity (Wildman–Crippen MR) is 138 cm³/mol. The number of halogens is 2. The first-order chi connectivity index (χ1) is 16.7. The first-order valence-corrected chi connectivity index (χ1v) is 13.1. The van der Waals surface area contributed by atoms with E-state index in [1.165, 1.54) is 12.1 Å². The third kappa shape index (κ3) is 6.03. The van der Waals surface area contributed by atoms with E-state index in [9.17, 15) is 13.2 Å². The Morgan fingerprint density at radius 3 is 2.40 bits per heavy atom. The lowest BCUT2D eigenvalue weighted by molar-refractivity contribution is 0.249. The topological polar surface area (TPSA) is 104 Å². The summed E-state index contributed by atoms with van der Waals surface area (Å²) in [7, 11) is -3.56. The Hall–Kier alpha value is -3.33. The van der Waals surface area contributed by atoms with E-state index in [1.54, 1.807) is 61.9 Å². The molecule has 0 spiro atoms. The number of hydrogen-bond donors (Lipinski definition) is 3. The quantitative estimate of drug-likeness (QED) is 0.264. The van der Waals surface area contributed by atoms with Crippen molar-refractivity contribution in [1.82, 2.24) is 15.3 Å². The van der Waals surface area contributed by atoms with Crippen molar-refractivity contribution in [3.05, 3.63) is 100 Å². The maximum absolute atomic E-state index is 12.9. The summed E-state index contributed by atoms with van der Waals surface area (Å²) >= 11 is 12.3. The fourth-order valence-electron chi connectivity index (χ4n) is 3.54. The molecule has 0 saturated heterocycles. The molecule has 1 heterocycles. The van der Waals surface area contributed by atoms with Gasteiger partial charge in [-0.25, -0.2) is 18.2 Å². The zero-order valence-corrected chi connectivity index (χ0v) is 21.0. The van der Waals surface area contributed by atoms with Gasteiger partial charge in [-0.1, -0.05) is 59.6 Å². The highest BCUT2D eigenvalue weighted by atomic mass is 35.5. The zero-order valence-electron chi connectivity index (χ0n) is 18.6. The minimum atomic E-state index is -3.56. The van der Waals surface area contributed by atoms with Gasteiger partial charge in [0.25, 0.3) is 0 Å². The van der Waals surface area contributed by atoms with E-state index in [0.717, 1.165) is 11.3 Å². The maximum Gasteiger partial charge on any atom is 0.319 e. The number of sulfone groups is 1. The Bertz CT molecular complexity index is 1420. The van der Waals surface area contributed by atoms with Crippen LogP contribution in [0.1, 0.15) is 24.1 Å². The number of H-pyrrole nitrogens is 1. The monoisotopic (exact) mass is 528 g/mol. The Morgan fingerprint density at radius 2 is 1.74 bits per heavy atom. The van der Waals surface area contributed by atoms with Crippen molar-refractivity contribution in [3.63, 3.8) is 0 Å². The number of carbonyl (C=O) groups excluding carboxylic acids is 1. The van der Waals surface area contributed by atoms with Gasteiger partial charge < -0.3 is 15.6 Å². The molecule has 35 heavy (non-hydrogen) atoms. The molecule has 0 aliphatic carbocycles. The second-order valence-electron chi connectivity index (χ2n) is 7.91. The SMILES string of the molecule is C[C@H](NC(=O)Nc1ccc(S(=O)(=O)Cc2ccc(-c3cnc[nH]3)cc2)cc1)c1cccc(Cl)c1Cl. The molecule has 7 nitrogen and oxygen atoms in total. The van der Waals surface area contributed by atoms with Crippen LogP contribution in [0.5, 0.6) is 0 Å². The standard InChI is InChI=1S/C25H22Cl2N4O3S/c1-16(21-3-2-4-22(26)24(21)27)30-25(32)31-19-9-11-20(12-10-19)35(33,34)14-17-5-7-18(8-6-17)23-13-28-15-29-23/h2-13,15-16H,14H2,1H3,(H,28,29)(H2,30,31,32)/t16-/m0/s1. The molecule has 3 aromatic carbocycles. The number of anilines is 1. The van der Waals surface area contributed by atoms with Crippen molar-refractivity contribution in [3.8, 4) is 11.3 Å². The van der Waals surface area contributed by atoms with Crippen LogP contribution in [0.4, 0.5) is 10.5 Å². The van der Waals surface area contributed by atoms with Crippen LogP contribution in [0.2, 0.25) is 10.0 Å². The summed E-state index contributed by atoms with van der Waals surface area (Å²) in [5.74, 6) is -0.137. The number of imidazole rings is 1. The second-order valence-corrected chi connectivity index (χ2v) is 10.7. The Kier molecular flexibility index (Phi) is 7.45. The van der Waals surface area contributed by atoms with Gasteiger partial charge >= 0.3 is 6.03 Å². The molecule has 0 aliphatic heterocycles. The van der Waals surface area contributed by atoms with Gasteiger partial charge in [-0.05, 0) is 53.9 Å². The fourth-order valence-corrected chi connectivity index (χ4v) is 5.36. The molecule has 4 aromatic rings. The van der Waals surface area contributed by atoms with Gasteiger partial charge in [0, 0.05) is 5.69 Å². The van der Waals surface area contributed by atoms with Crippen molar-refractivity contribution < 1.29 is 13.2 Å². The molecule has 1 atom stereocenters. The predicted octanol–water partition coefficient (Wildman–Crippen LogP) is 6.24. The molecule has 3 N–H and O–H groups in total. The van der Waals surface area contributed by atoms with Gasteiger partial charge in [0.2, 0.25) is 0 Å². The molecular formula is C25H22Cl2N4O3S. The molecule has 180 valence electrons. The summed E-state index contributed by atoms with van der Waals surface area (Å²) in [5, 5.41) is 6.27. The van der Waals surface area contributed by atoms with Crippen molar-refractivity contribution in [1.29, 1.82) is 0 Å². The van der Waals surface area contributed by atoms with Crippen molar-refractivity contribution in [2.75, 3.05) is 5.32 Å². The number of carbonyl (C=O) groups is 1. The average molecular weight is 529 g/mol. The number of urea groups is 1. The van der Waals surface area contributed by atoms with E-state index < -0.39 is 15.9 Å². The van der Waals surface area contributed by atoms with E-state index >= 15 is 0 Å². The van der Waals surface area contributed by atoms with Crippen molar-refractivity contribution >= 4 is 44.8 Å². The summed E-state index contributed by atoms with van der Waals surface area (Å²) in [6, 6.07) is 17.7. The zero-order chi connectivity index (χ0) is 25.0. The number of aromatic amines is 1. The molecular weight excluding hydrogens is 507 g/mol. The van der Waals surface area contributed by atoms with Gasteiger partial charge in [0.1, 0.15) is 0 Å². The molecule has 0 fully saturated rings. The normalized spacial score (nSPS) is 12.2. The van der Waals surface area contributed by atoms with E-state index in [4.69, 9.17) is 23.2 Å². The maximum atomic E-state index is 12.9. The van der Waals surface area contributed by atoms with Crippen LogP contribution in [0, 0.1) is 0 Å². The molecule has 0 unspecified atom stereocenters. The Morgan fingerprint density at radius 1 is 1.03 bits per heavy atom. The van der Waals surface area contributed by atoms with Gasteiger partial charge in [-0.15, -0.1) is 0 Å². The van der Waals surface area contributed by atoms with E-state index in [-0.39, 0.29) is 16.7 Å². The van der Waals surface area contributed by atoms with E-state index in [2.05, 4.69) is 20.6 Å². The molecule has 0 bridgehead atoms. The number of amides is 2. The highest BCUT2D eigenvalue weighted by Gasteiger charge is 2.17. The van der Waals surface area contributed by atoms with Gasteiger partial charge in [0.05, 0.1) is 45.0 Å². The molecule has 10 heteroatoms. The summed E-state index contributed by atoms with van der Waals surface area (Å²) in [5.41, 5.74) is 3.59. The van der Waals surface area contributed by atoms with Crippen LogP contribution in [0.3, 0.4) is 0 Å². The summed E-state index contributed by atoms with van der Waals surface area (Å²) < 4.78 is 25.7. The molecule has 0 radical (unpaired) electrons. The third-order valence-corrected chi connectivity index (χ3v) is 7.92. The fraction of sp³-hybridized carbons (Fsp3) is 0.120. The van der Waals surface area contributed by atoms with Crippen LogP contribution in [-0.4, -0.2) is 24.4 Å². The first-order valence-electron chi connectivity index (χ1n) is 10.6. The van der Waals surface area contributed by atoms with Crippen molar-refractivity contribution in [2.24, 2.45) is 0 Å². The molecule has 1 aromatic heterocycles. The average Bonchev–Trinajstić information content (AvgIpc) is 3.36. The third-order valence-electron chi connectivity index (χ3n) is 5.39. The highest BCUT2D eigenvalue weighted by Crippen LogP contribution is 2.30. The first kappa shape index (κ1) is 24.8. The van der Waals surface area contributed by atoms with E-state index in [0.29, 0.717) is 26.9 Å². The Labute approximate surface area is 213 Å². The molecule has 0 aliphatic rings. The highest BCUT2D eigenvalue weighted by molar-refractivity contribution is 7.90. The van der Waals surface area contributed by atoms with Gasteiger partial charge in [0.15, 0.2) is 9.84 Å². The lowest BCUT2D eigenvalue weighted by atomic mass is 10.1. The largest absolute Gasteiger partial charge is 0.345 e. The lowest BCUT2D eigenvalue weighted by Crippen LogP contribution is -2.31. The Balaban J connectivity index is 1.37. The number of rotatable bonds is 7. The van der Waals surface area contributed by atoms with Crippen LogP contribution >= 0.6 is 23.2 Å². The lowest BCUT2D eigenvalue weighted by Gasteiger charge is -2.17.